The van der Waals surface area contributed by atoms with Crippen LogP contribution in [-0.2, 0) is 39.2 Å². The number of hydrogen-bond donors (Lipinski definition) is 3. The Morgan fingerprint density at radius 2 is 1.87 bits per heavy atom. The van der Waals surface area contributed by atoms with E-state index in [2.05, 4.69) is 10.1 Å². The number of aromatic nitrogens is 2. The van der Waals surface area contributed by atoms with Crippen LogP contribution in [0.2, 0.25) is 0 Å². The van der Waals surface area contributed by atoms with Crippen molar-refractivity contribution in [2.75, 3.05) is 25.6 Å². The Kier molecular flexibility index (Phi) is 14.4. The molecule has 0 aliphatic carbocycles. The molecule has 1 saturated heterocycles. The summed E-state index contributed by atoms with van der Waals surface area (Å²) in [6, 6.07) is 9.83. The van der Waals surface area contributed by atoms with Crippen LogP contribution in [0.25, 0.3) is 0 Å². The molecule has 46 heavy (non-hydrogen) atoms. The number of nitrogens with one attached hydrogen (secondary N) is 2. The molecule has 4 N–H and O–H groups in total. The zero-order chi connectivity index (χ0) is 33.9. The summed E-state index contributed by atoms with van der Waals surface area (Å²) >= 11 is 0.985. The fourth-order valence-electron chi connectivity index (χ4n) is 4.97. The summed E-state index contributed by atoms with van der Waals surface area (Å²) in [5.74, 6) is -0.423. The minimum absolute atomic E-state index is 0.0107. The first-order chi connectivity index (χ1) is 21.8. The predicted octanol–water partition coefficient (Wildman–Crippen LogP) is 3.98. The van der Waals surface area contributed by atoms with E-state index in [-0.39, 0.29) is 49.1 Å². The van der Waals surface area contributed by atoms with E-state index < -0.39 is 48.8 Å². The minimum Gasteiger partial charge on any atom is -0.463 e. The molecule has 1 aromatic heterocycles. The maximum absolute atomic E-state index is 13.8. The van der Waals surface area contributed by atoms with Crippen LogP contribution in [0.4, 0.5) is 0 Å². The van der Waals surface area contributed by atoms with E-state index in [1.54, 1.807) is 13.8 Å². The highest BCUT2D eigenvalue weighted by Gasteiger charge is 2.37. The van der Waals surface area contributed by atoms with E-state index in [1.165, 1.54) is 16.8 Å². The Balaban J connectivity index is 1.55. The SMILES string of the molecule is CCC(CC)C(N)C(=O)OCC(C)(C)C(=O)SCCOP(=O)(NCc1ccccc1)OCC1CC(C)C(n2ccc(=O)[nH]c2=O)O1. The van der Waals surface area contributed by atoms with E-state index in [0.717, 1.165) is 30.2 Å². The first-order valence-corrected chi connectivity index (χ1v) is 18.1. The molecule has 5 atom stereocenters. The molecule has 2 aromatic rings. The quantitative estimate of drug-likeness (QED) is 0.117. The van der Waals surface area contributed by atoms with Gasteiger partial charge in [-0.3, -0.25) is 33.0 Å². The second-order valence-corrected chi connectivity index (χ2v) is 15.0. The van der Waals surface area contributed by atoms with Crippen LogP contribution in [0.5, 0.6) is 0 Å². The van der Waals surface area contributed by atoms with Gasteiger partial charge < -0.3 is 15.2 Å². The van der Waals surface area contributed by atoms with Gasteiger partial charge in [-0.05, 0) is 31.7 Å². The summed E-state index contributed by atoms with van der Waals surface area (Å²) in [5.41, 5.74) is 4.86. The summed E-state index contributed by atoms with van der Waals surface area (Å²) in [5, 5.41) is 2.67. The molecule has 5 unspecified atom stereocenters. The normalized spacial score (nSPS) is 20.4. The van der Waals surface area contributed by atoms with Crippen molar-refractivity contribution >= 4 is 30.6 Å². The average molecular weight is 683 g/mol. The highest BCUT2D eigenvalue weighted by Crippen LogP contribution is 2.46. The number of ether oxygens (including phenoxy) is 2. The molecule has 0 radical (unpaired) electrons. The first-order valence-electron chi connectivity index (χ1n) is 15.5. The van der Waals surface area contributed by atoms with Crippen LogP contribution in [0.3, 0.4) is 0 Å². The number of carbonyl (C=O) groups is 2. The minimum atomic E-state index is -3.87. The molecule has 0 bridgehead atoms. The predicted molar refractivity (Wildman–Crippen MR) is 176 cm³/mol. The van der Waals surface area contributed by atoms with Crippen LogP contribution in [0.1, 0.15) is 65.7 Å². The van der Waals surface area contributed by atoms with Crippen LogP contribution < -0.4 is 22.1 Å². The zero-order valence-corrected chi connectivity index (χ0v) is 28.9. The molecule has 0 spiro atoms. The Morgan fingerprint density at radius 1 is 1.17 bits per heavy atom. The van der Waals surface area contributed by atoms with Crippen LogP contribution in [0.15, 0.2) is 52.2 Å². The standard InChI is InChI=1S/C31H47N4O9PS/c1-6-23(7-2)26(32)28(37)41-20-31(4,5)29(38)46-16-15-42-45(40,33-18-22-11-9-8-10-12-22)43-19-24-17-21(3)27(44-24)35-14-13-25(36)34-30(35)39/h8-14,21,23-24,26-27H,6-7,15-20,32H2,1-5H3,(H,33,40)(H,34,36,39). The molecule has 256 valence electrons. The van der Waals surface area contributed by atoms with Gasteiger partial charge in [0.25, 0.3) is 5.56 Å². The smallest absolute Gasteiger partial charge is 0.405 e. The highest BCUT2D eigenvalue weighted by atomic mass is 32.2. The molecule has 1 aromatic carbocycles. The van der Waals surface area contributed by atoms with Gasteiger partial charge in [0.05, 0.1) is 24.7 Å². The highest BCUT2D eigenvalue weighted by molar-refractivity contribution is 8.13. The van der Waals surface area contributed by atoms with Gasteiger partial charge in [-0.25, -0.2) is 14.4 Å². The van der Waals surface area contributed by atoms with Crippen molar-refractivity contribution in [1.29, 1.82) is 0 Å². The molecule has 13 nitrogen and oxygen atoms in total. The molecule has 0 amide bonds. The van der Waals surface area contributed by atoms with Gasteiger partial charge in [-0.2, -0.15) is 0 Å². The number of nitrogens with two attached hydrogens (primary N) is 1. The van der Waals surface area contributed by atoms with Crippen LogP contribution in [0, 0.1) is 17.3 Å². The maximum atomic E-state index is 13.8. The fraction of sp³-hybridized carbons (Fsp3) is 0.613. The molecular formula is C31H47N4O9PS. The van der Waals surface area contributed by atoms with Gasteiger partial charge in [0, 0.05) is 30.5 Å². The van der Waals surface area contributed by atoms with E-state index in [1.807, 2.05) is 51.1 Å². The number of benzene rings is 1. The molecule has 2 heterocycles. The monoisotopic (exact) mass is 682 g/mol. The van der Waals surface area contributed by atoms with Crippen molar-refractivity contribution in [3.8, 4) is 0 Å². The van der Waals surface area contributed by atoms with Crippen LogP contribution >= 0.6 is 19.5 Å². The van der Waals surface area contributed by atoms with Gasteiger partial charge in [-0.15, -0.1) is 0 Å². The third-order valence-electron chi connectivity index (χ3n) is 7.86. The summed E-state index contributed by atoms with van der Waals surface area (Å²) in [7, 11) is -3.87. The van der Waals surface area contributed by atoms with Gasteiger partial charge in [0.15, 0.2) is 5.12 Å². The lowest BCUT2D eigenvalue weighted by Crippen LogP contribution is -2.41. The molecule has 3 rings (SSSR count). The summed E-state index contributed by atoms with van der Waals surface area (Å²) in [6.45, 7) is 9.16. The molecule has 1 aliphatic rings. The van der Waals surface area contributed by atoms with Gasteiger partial charge >= 0.3 is 19.4 Å². The van der Waals surface area contributed by atoms with E-state index in [9.17, 15) is 23.7 Å². The van der Waals surface area contributed by atoms with E-state index >= 15 is 0 Å². The van der Waals surface area contributed by atoms with Crippen molar-refractivity contribution < 1.29 is 32.7 Å². The topological polar surface area (TPSA) is 181 Å². The maximum Gasteiger partial charge on any atom is 0.405 e. The van der Waals surface area contributed by atoms with Crippen LogP contribution in [-0.4, -0.2) is 58.4 Å². The second kappa shape index (κ2) is 17.5. The number of nitrogens with zero attached hydrogens (tertiary/aromatic N) is 1. The lowest BCUT2D eigenvalue weighted by molar-refractivity contribution is -0.150. The Bertz CT molecular complexity index is 1450. The number of esters is 1. The van der Waals surface area contributed by atoms with Crippen molar-refractivity contribution in [1.82, 2.24) is 14.6 Å². The lowest BCUT2D eigenvalue weighted by atomic mass is 9.94. The molecule has 1 aliphatic heterocycles. The summed E-state index contributed by atoms with van der Waals surface area (Å²) in [6.07, 6.45) is 2.28. The van der Waals surface area contributed by atoms with Gasteiger partial charge in [0.2, 0.25) is 0 Å². The van der Waals surface area contributed by atoms with Gasteiger partial charge in [0.1, 0.15) is 18.9 Å². The Labute approximate surface area is 273 Å². The number of hydrogen-bond acceptors (Lipinski definition) is 11. The Morgan fingerprint density at radius 3 is 2.52 bits per heavy atom. The second-order valence-electron chi connectivity index (χ2n) is 12.1. The van der Waals surface area contributed by atoms with Gasteiger partial charge in [-0.1, -0.05) is 75.7 Å². The molecule has 0 saturated carbocycles. The molecular weight excluding hydrogens is 635 g/mol. The number of H-pyrrole nitrogens is 1. The van der Waals surface area contributed by atoms with E-state index in [4.69, 9.17) is 24.3 Å². The third-order valence-corrected chi connectivity index (χ3v) is 10.6. The molecule has 1 fully saturated rings. The third kappa shape index (κ3) is 11.0. The van der Waals surface area contributed by atoms with Crippen molar-refractivity contribution in [2.24, 2.45) is 23.0 Å². The number of carbonyl (C=O) groups excluding carboxylic acids is 2. The fourth-order valence-corrected chi connectivity index (χ4v) is 7.22. The Hall–Kier alpha value is -2.58. The summed E-state index contributed by atoms with van der Waals surface area (Å²) in [4.78, 5) is 51.4. The lowest BCUT2D eigenvalue weighted by Gasteiger charge is -2.25. The summed E-state index contributed by atoms with van der Waals surface area (Å²) < 4.78 is 38.1. The van der Waals surface area contributed by atoms with Crippen molar-refractivity contribution in [3.05, 3.63) is 69.0 Å². The largest absolute Gasteiger partial charge is 0.463 e. The first kappa shape index (κ1) is 37.9. The number of aromatic amines is 1. The average Bonchev–Trinajstić information content (AvgIpc) is 3.40. The van der Waals surface area contributed by atoms with Crippen molar-refractivity contribution in [2.45, 2.75) is 78.8 Å². The number of rotatable bonds is 18. The zero-order valence-electron chi connectivity index (χ0n) is 27.1. The number of thioether (sulfide) groups is 1. The van der Waals surface area contributed by atoms with E-state index in [0.29, 0.717) is 6.42 Å². The molecule has 15 heteroatoms. The van der Waals surface area contributed by atoms with Crippen molar-refractivity contribution in [3.63, 3.8) is 0 Å².